The molecule has 0 bridgehead atoms. The summed E-state index contributed by atoms with van der Waals surface area (Å²) in [6, 6.07) is 14.7. The van der Waals surface area contributed by atoms with Crippen LogP contribution in [0.2, 0.25) is 5.02 Å². The fourth-order valence-electron chi connectivity index (χ4n) is 3.31. The summed E-state index contributed by atoms with van der Waals surface area (Å²) in [6.45, 7) is 3.62. The number of piperazine rings is 1. The molecule has 0 atom stereocenters. The Morgan fingerprint density at radius 3 is 2.55 bits per heavy atom. The van der Waals surface area contributed by atoms with E-state index in [9.17, 15) is 9.90 Å². The number of benzene rings is 2. The third kappa shape index (κ3) is 4.87. The minimum absolute atomic E-state index is 0.0665. The van der Waals surface area contributed by atoms with Crippen molar-refractivity contribution in [1.29, 1.82) is 0 Å². The van der Waals surface area contributed by atoms with Crippen molar-refractivity contribution in [3.8, 4) is 17.0 Å². The molecule has 2 N–H and O–H groups in total. The molecule has 150 valence electrons. The van der Waals surface area contributed by atoms with Crippen LogP contribution in [0.1, 0.15) is 0 Å². The molecular weight excluding hydrogens is 408 g/mol. The Morgan fingerprint density at radius 1 is 1.10 bits per heavy atom. The lowest BCUT2D eigenvalue weighted by atomic mass is 10.2. The molecule has 1 aliphatic heterocycles. The standard InChI is InChI=1S/C21H21ClN4O2S/c22-18-4-2-1-3-17(18)19-14-29-21(23-19)24-20(28)13-25-9-11-26(12-10-25)15-5-7-16(27)8-6-15/h1-8,14,27H,9-13H2,(H,23,24,28). The molecule has 2 heterocycles. The molecule has 1 aromatic heterocycles. The Balaban J connectivity index is 1.29. The molecule has 2 aromatic carbocycles. The second-order valence-electron chi connectivity index (χ2n) is 6.85. The summed E-state index contributed by atoms with van der Waals surface area (Å²) in [5.74, 6) is 0.201. The van der Waals surface area contributed by atoms with Crippen LogP contribution in [0.15, 0.2) is 53.9 Å². The molecule has 6 nitrogen and oxygen atoms in total. The van der Waals surface area contributed by atoms with Gasteiger partial charge in [-0.2, -0.15) is 0 Å². The highest BCUT2D eigenvalue weighted by atomic mass is 35.5. The summed E-state index contributed by atoms with van der Waals surface area (Å²) < 4.78 is 0. The van der Waals surface area contributed by atoms with E-state index >= 15 is 0 Å². The summed E-state index contributed by atoms with van der Waals surface area (Å²) in [7, 11) is 0. The van der Waals surface area contributed by atoms with Crippen LogP contribution in [0.5, 0.6) is 5.75 Å². The number of rotatable bonds is 5. The number of amides is 1. The average molecular weight is 429 g/mol. The second-order valence-corrected chi connectivity index (χ2v) is 8.11. The summed E-state index contributed by atoms with van der Waals surface area (Å²) in [6.07, 6.45) is 0. The van der Waals surface area contributed by atoms with E-state index in [0.717, 1.165) is 43.1 Å². The van der Waals surface area contributed by atoms with Crippen LogP contribution in [0, 0.1) is 0 Å². The molecule has 1 fully saturated rings. The highest BCUT2D eigenvalue weighted by molar-refractivity contribution is 7.14. The summed E-state index contributed by atoms with van der Waals surface area (Å²) >= 11 is 7.61. The number of halogens is 1. The zero-order valence-electron chi connectivity index (χ0n) is 15.7. The number of phenolic OH excluding ortho intramolecular Hbond substituents is 1. The number of nitrogens with zero attached hydrogens (tertiary/aromatic N) is 3. The van der Waals surface area contributed by atoms with Crippen LogP contribution < -0.4 is 10.2 Å². The minimum Gasteiger partial charge on any atom is -0.508 e. The predicted molar refractivity (Wildman–Crippen MR) is 118 cm³/mol. The first-order valence-corrected chi connectivity index (χ1v) is 10.6. The third-order valence-corrected chi connectivity index (χ3v) is 5.94. The van der Waals surface area contributed by atoms with Crippen LogP contribution in [-0.2, 0) is 4.79 Å². The van der Waals surface area contributed by atoms with E-state index in [0.29, 0.717) is 16.7 Å². The molecule has 1 amide bonds. The number of thiazole rings is 1. The lowest BCUT2D eigenvalue weighted by molar-refractivity contribution is -0.117. The van der Waals surface area contributed by atoms with Gasteiger partial charge in [-0.25, -0.2) is 4.98 Å². The van der Waals surface area contributed by atoms with Crippen LogP contribution in [0.25, 0.3) is 11.3 Å². The molecule has 4 rings (SSSR count). The minimum atomic E-state index is -0.0665. The van der Waals surface area contributed by atoms with Gasteiger partial charge in [0.05, 0.1) is 12.2 Å². The van der Waals surface area contributed by atoms with Gasteiger partial charge in [0.1, 0.15) is 5.75 Å². The molecule has 8 heteroatoms. The van der Waals surface area contributed by atoms with Gasteiger partial charge in [-0.1, -0.05) is 29.8 Å². The van der Waals surface area contributed by atoms with Crippen molar-refractivity contribution in [2.75, 3.05) is 42.9 Å². The summed E-state index contributed by atoms with van der Waals surface area (Å²) in [5.41, 5.74) is 2.71. The average Bonchev–Trinajstić information content (AvgIpc) is 3.17. The Kier molecular flexibility index (Phi) is 5.99. The molecule has 0 aliphatic carbocycles. The van der Waals surface area contributed by atoms with Gasteiger partial charge in [-0.05, 0) is 30.3 Å². The normalized spacial score (nSPS) is 14.7. The summed E-state index contributed by atoms with van der Waals surface area (Å²) in [5, 5.41) is 15.4. The number of nitrogens with one attached hydrogen (secondary N) is 1. The van der Waals surface area contributed by atoms with Crippen molar-refractivity contribution in [2.45, 2.75) is 0 Å². The fourth-order valence-corrected chi connectivity index (χ4v) is 4.27. The van der Waals surface area contributed by atoms with Gasteiger partial charge in [0.25, 0.3) is 0 Å². The number of anilines is 2. The van der Waals surface area contributed by atoms with Crippen molar-refractivity contribution >= 4 is 39.7 Å². The van der Waals surface area contributed by atoms with Crippen LogP contribution in [0.4, 0.5) is 10.8 Å². The Hall–Kier alpha value is -2.61. The molecule has 3 aromatic rings. The Morgan fingerprint density at radius 2 is 1.83 bits per heavy atom. The van der Waals surface area contributed by atoms with E-state index in [1.807, 2.05) is 41.8 Å². The predicted octanol–water partition coefficient (Wildman–Crippen LogP) is 3.93. The zero-order chi connectivity index (χ0) is 20.2. The first-order chi connectivity index (χ1) is 14.1. The lowest BCUT2D eigenvalue weighted by Crippen LogP contribution is -2.48. The van der Waals surface area contributed by atoms with Crippen LogP contribution in [0.3, 0.4) is 0 Å². The Bertz CT molecular complexity index is 984. The molecule has 29 heavy (non-hydrogen) atoms. The Labute approximate surface area is 178 Å². The van der Waals surface area contributed by atoms with E-state index in [4.69, 9.17) is 11.6 Å². The maximum atomic E-state index is 12.4. The molecular formula is C21H21ClN4O2S. The van der Waals surface area contributed by atoms with Crippen molar-refractivity contribution in [3.05, 3.63) is 58.9 Å². The SMILES string of the molecule is O=C(CN1CCN(c2ccc(O)cc2)CC1)Nc1nc(-c2ccccc2Cl)cs1. The highest BCUT2D eigenvalue weighted by Crippen LogP contribution is 2.30. The monoisotopic (exact) mass is 428 g/mol. The molecule has 1 saturated heterocycles. The zero-order valence-corrected chi connectivity index (χ0v) is 17.3. The van der Waals surface area contributed by atoms with Gasteiger partial charge in [-0.3, -0.25) is 9.69 Å². The number of aromatic hydroxyl groups is 1. The second kappa shape index (κ2) is 8.82. The number of carbonyl (C=O) groups excluding carboxylic acids is 1. The number of aromatic nitrogens is 1. The highest BCUT2D eigenvalue weighted by Gasteiger charge is 2.20. The number of carbonyl (C=O) groups is 1. The number of hydrogen-bond donors (Lipinski definition) is 2. The van der Waals surface area contributed by atoms with Gasteiger partial charge in [0, 0.05) is 47.8 Å². The number of hydrogen-bond acceptors (Lipinski definition) is 6. The first-order valence-electron chi connectivity index (χ1n) is 9.35. The van der Waals surface area contributed by atoms with Crippen molar-refractivity contribution in [2.24, 2.45) is 0 Å². The smallest absolute Gasteiger partial charge is 0.240 e. The van der Waals surface area contributed by atoms with Gasteiger partial charge in [0.2, 0.25) is 5.91 Å². The van der Waals surface area contributed by atoms with Gasteiger partial charge in [-0.15, -0.1) is 11.3 Å². The molecule has 0 radical (unpaired) electrons. The third-order valence-electron chi connectivity index (χ3n) is 4.85. The topological polar surface area (TPSA) is 68.7 Å². The van der Waals surface area contributed by atoms with E-state index in [1.165, 1.54) is 11.3 Å². The van der Waals surface area contributed by atoms with Crippen molar-refractivity contribution in [1.82, 2.24) is 9.88 Å². The van der Waals surface area contributed by atoms with Gasteiger partial charge >= 0.3 is 0 Å². The molecule has 0 unspecified atom stereocenters. The molecule has 0 spiro atoms. The van der Waals surface area contributed by atoms with E-state index in [1.54, 1.807) is 12.1 Å². The summed E-state index contributed by atoms with van der Waals surface area (Å²) in [4.78, 5) is 21.3. The quantitative estimate of drug-likeness (QED) is 0.644. The van der Waals surface area contributed by atoms with Crippen LogP contribution >= 0.6 is 22.9 Å². The van der Waals surface area contributed by atoms with E-state index in [2.05, 4.69) is 20.1 Å². The van der Waals surface area contributed by atoms with E-state index in [-0.39, 0.29) is 11.7 Å². The van der Waals surface area contributed by atoms with E-state index < -0.39 is 0 Å². The van der Waals surface area contributed by atoms with Gasteiger partial charge < -0.3 is 15.3 Å². The van der Waals surface area contributed by atoms with Crippen molar-refractivity contribution < 1.29 is 9.90 Å². The molecule has 0 saturated carbocycles. The first kappa shape index (κ1) is 19.7. The van der Waals surface area contributed by atoms with Crippen molar-refractivity contribution in [3.63, 3.8) is 0 Å². The number of phenols is 1. The maximum Gasteiger partial charge on any atom is 0.240 e. The maximum absolute atomic E-state index is 12.4. The lowest BCUT2D eigenvalue weighted by Gasteiger charge is -2.35. The van der Waals surface area contributed by atoms with Crippen LogP contribution in [-0.4, -0.2) is 53.6 Å². The largest absolute Gasteiger partial charge is 0.508 e. The fraction of sp³-hybridized carbons (Fsp3) is 0.238. The molecule has 1 aliphatic rings. The van der Waals surface area contributed by atoms with Gasteiger partial charge in [0.15, 0.2) is 5.13 Å².